The predicted molar refractivity (Wildman–Crippen MR) is 57.4 cm³/mol. The molecule has 2 rings (SSSR count). The summed E-state index contributed by atoms with van der Waals surface area (Å²) in [6, 6.07) is 4.65. The van der Waals surface area contributed by atoms with Crippen molar-refractivity contribution in [1.82, 2.24) is 15.0 Å². The van der Waals surface area contributed by atoms with Gasteiger partial charge in [0.2, 0.25) is 0 Å². The number of nitrogens with zero attached hydrogens (tertiary/aromatic N) is 3. The minimum Gasteiger partial charge on any atom is -0.478 e. The summed E-state index contributed by atoms with van der Waals surface area (Å²) in [4.78, 5) is 22.8. The van der Waals surface area contributed by atoms with E-state index in [0.717, 1.165) is 0 Å². The summed E-state index contributed by atoms with van der Waals surface area (Å²) in [7, 11) is 0. The van der Waals surface area contributed by atoms with Gasteiger partial charge < -0.3 is 5.11 Å². The molecule has 0 aliphatic carbocycles. The number of carbonyl (C=O) groups is 1. The second kappa shape index (κ2) is 4.71. The van der Waals surface area contributed by atoms with Crippen molar-refractivity contribution in [3.63, 3.8) is 0 Å². The molecule has 0 aromatic carbocycles. The minimum absolute atomic E-state index is 0.202. The Bertz CT molecular complexity index is 504. The Kier molecular flexibility index (Phi) is 3.11. The molecule has 0 spiro atoms. The number of hydrogen-bond acceptors (Lipinski definition) is 5. The van der Waals surface area contributed by atoms with Crippen molar-refractivity contribution < 1.29 is 9.90 Å². The lowest BCUT2D eigenvalue weighted by atomic mass is 10.3. The van der Waals surface area contributed by atoms with Crippen LogP contribution in [0.3, 0.4) is 0 Å². The summed E-state index contributed by atoms with van der Waals surface area (Å²) in [5.74, 6) is -0.974. The first-order chi connectivity index (χ1) is 7.75. The first kappa shape index (κ1) is 10.6. The fourth-order valence-corrected chi connectivity index (χ4v) is 1.74. The smallest absolute Gasteiger partial charge is 0.335 e. The Balaban J connectivity index is 2.22. The third kappa shape index (κ3) is 2.54. The molecule has 0 amide bonds. The van der Waals surface area contributed by atoms with Gasteiger partial charge in [-0.15, -0.1) is 0 Å². The number of carboxylic acid groups (broad SMARTS) is 1. The molecule has 0 aliphatic heterocycles. The summed E-state index contributed by atoms with van der Waals surface area (Å²) in [6.07, 6.45) is 4.70. The molecule has 5 nitrogen and oxygen atoms in total. The van der Waals surface area contributed by atoms with Crippen LogP contribution in [0.4, 0.5) is 0 Å². The molecule has 0 bridgehead atoms. The van der Waals surface area contributed by atoms with Crippen LogP contribution in [0.5, 0.6) is 0 Å². The van der Waals surface area contributed by atoms with Gasteiger partial charge >= 0.3 is 5.97 Å². The van der Waals surface area contributed by atoms with E-state index in [-0.39, 0.29) is 5.56 Å². The van der Waals surface area contributed by atoms with Crippen molar-refractivity contribution in [2.75, 3.05) is 0 Å². The molecule has 2 heterocycles. The van der Waals surface area contributed by atoms with Crippen molar-refractivity contribution in [3.05, 3.63) is 42.4 Å². The Hall–Kier alpha value is -1.95. The summed E-state index contributed by atoms with van der Waals surface area (Å²) in [6.45, 7) is 0. The highest BCUT2D eigenvalue weighted by atomic mass is 32.2. The lowest BCUT2D eigenvalue weighted by Gasteiger charge is -1.99. The van der Waals surface area contributed by atoms with Crippen LogP contribution in [0.2, 0.25) is 0 Å². The third-order valence-electron chi connectivity index (χ3n) is 1.72. The average molecular weight is 233 g/mol. The van der Waals surface area contributed by atoms with Crippen LogP contribution in [-0.2, 0) is 0 Å². The molecular weight excluding hydrogens is 226 g/mol. The van der Waals surface area contributed by atoms with Crippen molar-refractivity contribution in [1.29, 1.82) is 0 Å². The van der Waals surface area contributed by atoms with E-state index in [1.54, 1.807) is 18.5 Å². The van der Waals surface area contributed by atoms with Crippen molar-refractivity contribution >= 4 is 17.7 Å². The molecule has 1 N–H and O–H groups in total. The highest BCUT2D eigenvalue weighted by molar-refractivity contribution is 7.99. The molecule has 0 saturated heterocycles. The molecule has 0 radical (unpaired) electrons. The monoisotopic (exact) mass is 233 g/mol. The molecule has 0 unspecified atom stereocenters. The molecule has 0 aliphatic rings. The van der Waals surface area contributed by atoms with Gasteiger partial charge in [0.1, 0.15) is 5.03 Å². The van der Waals surface area contributed by atoms with Crippen LogP contribution in [-0.4, -0.2) is 26.0 Å². The van der Waals surface area contributed by atoms with E-state index >= 15 is 0 Å². The molecule has 16 heavy (non-hydrogen) atoms. The average Bonchev–Trinajstić information content (AvgIpc) is 2.30. The number of rotatable bonds is 3. The van der Waals surface area contributed by atoms with Crippen molar-refractivity contribution in [2.24, 2.45) is 0 Å². The van der Waals surface area contributed by atoms with Crippen LogP contribution >= 0.6 is 11.8 Å². The first-order valence-corrected chi connectivity index (χ1v) is 5.21. The van der Waals surface area contributed by atoms with Crippen LogP contribution < -0.4 is 0 Å². The number of aromatic nitrogens is 3. The Morgan fingerprint density at radius 3 is 2.62 bits per heavy atom. The maximum absolute atomic E-state index is 10.7. The van der Waals surface area contributed by atoms with Gasteiger partial charge in [-0.3, -0.25) is 0 Å². The van der Waals surface area contributed by atoms with Gasteiger partial charge in [0, 0.05) is 18.6 Å². The number of aromatic carboxylic acids is 1. The fourth-order valence-electron chi connectivity index (χ4n) is 1.03. The van der Waals surface area contributed by atoms with Gasteiger partial charge in [-0.2, -0.15) is 0 Å². The van der Waals surface area contributed by atoms with Gasteiger partial charge in [0.05, 0.1) is 5.56 Å². The van der Waals surface area contributed by atoms with Crippen molar-refractivity contribution in [2.45, 2.75) is 10.2 Å². The molecule has 0 saturated carbocycles. The minimum atomic E-state index is -0.974. The Morgan fingerprint density at radius 1 is 1.19 bits per heavy atom. The third-order valence-corrected chi connectivity index (χ3v) is 2.55. The Morgan fingerprint density at radius 2 is 1.94 bits per heavy atom. The highest BCUT2D eigenvalue weighted by Gasteiger charge is 2.06. The molecule has 2 aromatic heterocycles. The maximum Gasteiger partial charge on any atom is 0.335 e. The standard InChI is InChI=1S/C10H7N3O2S/c14-9(15)7-2-5-11-8(6-7)16-10-12-3-1-4-13-10/h1-6H,(H,14,15). The van der Waals surface area contributed by atoms with Gasteiger partial charge in [-0.25, -0.2) is 19.7 Å². The van der Waals surface area contributed by atoms with Crippen LogP contribution in [0, 0.1) is 0 Å². The van der Waals surface area contributed by atoms with E-state index in [4.69, 9.17) is 5.11 Å². The van der Waals surface area contributed by atoms with Gasteiger partial charge in [0.25, 0.3) is 0 Å². The van der Waals surface area contributed by atoms with E-state index in [0.29, 0.717) is 10.2 Å². The lowest BCUT2D eigenvalue weighted by molar-refractivity contribution is 0.0696. The molecule has 2 aromatic rings. The molecule has 6 heteroatoms. The SMILES string of the molecule is O=C(O)c1ccnc(Sc2ncccn2)c1. The zero-order chi connectivity index (χ0) is 11.4. The summed E-state index contributed by atoms with van der Waals surface area (Å²) in [5, 5.41) is 9.91. The van der Waals surface area contributed by atoms with Crippen LogP contribution in [0.15, 0.2) is 47.0 Å². The fraction of sp³-hybridized carbons (Fsp3) is 0. The molecular formula is C10H7N3O2S. The Labute approximate surface area is 95.6 Å². The normalized spacial score (nSPS) is 10.0. The van der Waals surface area contributed by atoms with E-state index in [1.165, 1.54) is 30.1 Å². The molecule has 0 fully saturated rings. The second-order valence-electron chi connectivity index (χ2n) is 2.82. The molecule has 0 atom stereocenters. The summed E-state index contributed by atoms with van der Waals surface area (Å²) >= 11 is 1.22. The predicted octanol–water partition coefficient (Wildman–Crippen LogP) is 1.72. The largest absolute Gasteiger partial charge is 0.478 e. The van der Waals surface area contributed by atoms with Crippen LogP contribution in [0.25, 0.3) is 0 Å². The second-order valence-corrected chi connectivity index (χ2v) is 3.81. The lowest BCUT2D eigenvalue weighted by Crippen LogP contribution is -1.96. The van der Waals surface area contributed by atoms with E-state index in [1.807, 2.05) is 0 Å². The highest BCUT2D eigenvalue weighted by Crippen LogP contribution is 2.22. The van der Waals surface area contributed by atoms with E-state index in [9.17, 15) is 4.79 Å². The zero-order valence-electron chi connectivity index (χ0n) is 8.07. The van der Waals surface area contributed by atoms with Gasteiger partial charge in [0.15, 0.2) is 5.16 Å². The van der Waals surface area contributed by atoms with Crippen molar-refractivity contribution in [3.8, 4) is 0 Å². The summed E-state index contributed by atoms with van der Waals surface area (Å²) < 4.78 is 0. The maximum atomic E-state index is 10.7. The van der Waals surface area contributed by atoms with E-state index in [2.05, 4.69) is 15.0 Å². The number of pyridine rings is 1. The van der Waals surface area contributed by atoms with Gasteiger partial charge in [-0.1, -0.05) is 0 Å². The number of carboxylic acids is 1. The number of hydrogen-bond donors (Lipinski definition) is 1. The first-order valence-electron chi connectivity index (χ1n) is 4.40. The summed E-state index contributed by atoms with van der Waals surface area (Å²) in [5.41, 5.74) is 0.202. The van der Waals surface area contributed by atoms with Gasteiger partial charge in [-0.05, 0) is 30.0 Å². The van der Waals surface area contributed by atoms with E-state index < -0.39 is 5.97 Å². The van der Waals surface area contributed by atoms with Crippen LogP contribution in [0.1, 0.15) is 10.4 Å². The topological polar surface area (TPSA) is 76.0 Å². The molecule has 80 valence electrons. The quantitative estimate of drug-likeness (QED) is 0.813. The zero-order valence-corrected chi connectivity index (χ0v) is 8.89.